The molecule has 3 atom stereocenters. The van der Waals surface area contributed by atoms with Crippen molar-refractivity contribution in [3.05, 3.63) is 230 Å². The van der Waals surface area contributed by atoms with Gasteiger partial charge in [-0.1, -0.05) is 158 Å². The first-order valence-corrected chi connectivity index (χ1v) is 25.3. The molecule has 0 amide bonds. The number of ether oxygens (including phenoxy) is 1. The van der Waals surface area contributed by atoms with Crippen molar-refractivity contribution in [2.45, 2.75) is 35.5 Å². The van der Waals surface area contributed by atoms with Gasteiger partial charge in [-0.3, -0.25) is 0 Å². The van der Waals surface area contributed by atoms with Gasteiger partial charge in [0.2, 0.25) is 0 Å². The van der Waals surface area contributed by atoms with Gasteiger partial charge in [0.1, 0.15) is 11.9 Å². The molecule has 2 aliphatic heterocycles. The number of rotatable bonds is 7. The van der Waals surface area contributed by atoms with Crippen molar-refractivity contribution in [3.8, 4) is 44.8 Å². The first-order valence-electron chi connectivity index (χ1n) is 23.6. The molecular formula is C63H44N2OS2. The first-order chi connectivity index (χ1) is 33.6. The van der Waals surface area contributed by atoms with Crippen molar-refractivity contribution in [1.82, 2.24) is 4.57 Å². The van der Waals surface area contributed by atoms with E-state index >= 15 is 0 Å². The normalized spacial score (nSPS) is 16.9. The molecule has 0 fully saturated rings. The van der Waals surface area contributed by atoms with Crippen LogP contribution in [0.25, 0.3) is 81.0 Å². The minimum absolute atomic E-state index is 0.190. The van der Waals surface area contributed by atoms with Gasteiger partial charge in [0, 0.05) is 81.7 Å². The number of anilines is 3. The Labute approximate surface area is 403 Å². The Bertz CT molecular complexity index is 3840. The fourth-order valence-electron chi connectivity index (χ4n) is 11.2. The van der Waals surface area contributed by atoms with Crippen LogP contribution in [0.15, 0.2) is 223 Å². The molecule has 5 heteroatoms. The Morgan fingerprint density at radius 3 is 1.91 bits per heavy atom. The maximum absolute atomic E-state index is 6.34. The third-order valence-electron chi connectivity index (χ3n) is 14.3. The molecule has 0 radical (unpaired) electrons. The van der Waals surface area contributed by atoms with Crippen molar-refractivity contribution in [1.29, 1.82) is 0 Å². The average molecular weight is 909 g/mol. The molecule has 0 saturated carbocycles. The molecule has 3 nitrogen and oxygen atoms in total. The lowest BCUT2D eigenvalue weighted by Gasteiger charge is -2.26. The molecule has 1 aliphatic carbocycles. The molecule has 0 N–H and O–H groups in total. The largest absolute Gasteiger partial charge is 0.489 e. The van der Waals surface area contributed by atoms with Gasteiger partial charge < -0.3 is 14.2 Å². The summed E-state index contributed by atoms with van der Waals surface area (Å²) in [5.41, 5.74) is 17.0. The lowest BCUT2D eigenvalue weighted by Crippen LogP contribution is -2.10. The Morgan fingerprint density at radius 2 is 1.13 bits per heavy atom. The first kappa shape index (κ1) is 39.6. The van der Waals surface area contributed by atoms with Crippen LogP contribution in [0.2, 0.25) is 0 Å². The fraction of sp³-hybridized carbons (Fsp3) is 0.0794. The minimum atomic E-state index is 0.190. The highest BCUT2D eigenvalue weighted by Crippen LogP contribution is 2.52. The third kappa shape index (κ3) is 6.26. The summed E-state index contributed by atoms with van der Waals surface area (Å²) in [5, 5.41) is 5.66. The summed E-state index contributed by atoms with van der Waals surface area (Å²) >= 11 is 3.92. The van der Waals surface area contributed by atoms with Gasteiger partial charge >= 0.3 is 0 Å². The number of aromatic nitrogens is 1. The topological polar surface area (TPSA) is 17.4 Å². The van der Waals surface area contributed by atoms with Crippen LogP contribution in [0.1, 0.15) is 24.0 Å². The standard InChI is InChI=1S/C63H44N2OS2/c1-39-38-43-12-9-17-48(60(43)66-39)40-24-30-45(31-25-40)64(46-32-26-41(27-33-46)49-18-10-20-52-51-15-6-8-23-58(51)67-61(49)52)47-34-28-42(29-35-47)50-19-11-21-53-54-36-37-57-59(63(54)68-62(50)53)55-16-5-7-22-56(55)65(57)44-13-3-2-4-14-44/h2-37,39,51,58H,38H2,1H3. The summed E-state index contributed by atoms with van der Waals surface area (Å²) in [4.78, 5) is 3.79. The summed E-state index contributed by atoms with van der Waals surface area (Å²) in [5.74, 6) is 1.45. The molecule has 3 aliphatic rings. The van der Waals surface area contributed by atoms with Crippen LogP contribution >= 0.6 is 23.1 Å². The number of thioether (sulfide) groups is 1. The quantitative estimate of drug-likeness (QED) is 0.159. The number of benzene rings is 9. The molecule has 11 aromatic rings. The predicted molar refractivity (Wildman–Crippen MR) is 289 cm³/mol. The van der Waals surface area contributed by atoms with Crippen molar-refractivity contribution in [2.24, 2.45) is 0 Å². The van der Waals surface area contributed by atoms with Gasteiger partial charge in [0.25, 0.3) is 0 Å². The van der Waals surface area contributed by atoms with Crippen LogP contribution in [0.4, 0.5) is 17.1 Å². The van der Waals surface area contributed by atoms with Crippen LogP contribution in [0.3, 0.4) is 0 Å². The summed E-state index contributed by atoms with van der Waals surface area (Å²) < 4.78 is 11.4. The number of hydrogen-bond donors (Lipinski definition) is 0. The molecule has 324 valence electrons. The molecule has 4 heterocycles. The van der Waals surface area contributed by atoms with E-state index in [-0.39, 0.29) is 6.10 Å². The lowest BCUT2D eigenvalue weighted by molar-refractivity contribution is 0.255. The van der Waals surface area contributed by atoms with Gasteiger partial charge in [-0.15, -0.1) is 23.1 Å². The average Bonchev–Trinajstić information content (AvgIpc) is 4.17. The number of hydrogen-bond acceptors (Lipinski definition) is 4. The van der Waals surface area contributed by atoms with Gasteiger partial charge in [-0.2, -0.15) is 0 Å². The number of fused-ring (bicyclic) bond motifs is 11. The monoisotopic (exact) mass is 908 g/mol. The third-order valence-corrected chi connectivity index (χ3v) is 17.0. The second kappa shape index (κ2) is 15.8. The smallest absolute Gasteiger partial charge is 0.130 e. The fourth-order valence-corrected chi connectivity index (χ4v) is 14.0. The highest BCUT2D eigenvalue weighted by atomic mass is 32.2. The molecule has 0 bridgehead atoms. The molecular weight excluding hydrogens is 865 g/mol. The second-order valence-corrected chi connectivity index (χ2v) is 20.5. The van der Waals surface area contributed by atoms with E-state index in [1.54, 1.807) is 0 Å². The zero-order valence-electron chi connectivity index (χ0n) is 37.3. The van der Waals surface area contributed by atoms with Crippen LogP contribution in [0, 0.1) is 0 Å². The van der Waals surface area contributed by atoms with Crippen molar-refractivity contribution < 1.29 is 4.74 Å². The minimum Gasteiger partial charge on any atom is -0.489 e. The summed E-state index contributed by atoms with van der Waals surface area (Å²) in [7, 11) is 0. The highest BCUT2D eigenvalue weighted by Gasteiger charge is 2.33. The van der Waals surface area contributed by atoms with Crippen molar-refractivity contribution >= 4 is 82.1 Å². The van der Waals surface area contributed by atoms with E-state index in [0.717, 1.165) is 40.4 Å². The van der Waals surface area contributed by atoms with E-state index in [2.05, 4.69) is 235 Å². The van der Waals surface area contributed by atoms with Crippen LogP contribution in [-0.2, 0) is 6.42 Å². The highest BCUT2D eigenvalue weighted by molar-refractivity contribution is 8.00. The van der Waals surface area contributed by atoms with Crippen LogP contribution < -0.4 is 9.64 Å². The van der Waals surface area contributed by atoms with E-state index in [9.17, 15) is 0 Å². The van der Waals surface area contributed by atoms with E-state index in [1.165, 1.54) is 85.9 Å². The molecule has 2 aromatic heterocycles. The summed E-state index contributed by atoms with van der Waals surface area (Å²) in [6.45, 7) is 2.15. The van der Waals surface area contributed by atoms with Crippen molar-refractivity contribution in [2.75, 3.05) is 4.90 Å². The van der Waals surface area contributed by atoms with E-state index in [0.29, 0.717) is 11.2 Å². The molecule has 0 spiro atoms. The van der Waals surface area contributed by atoms with E-state index < -0.39 is 0 Å². The zero-order chi connectivity index (χ0) is 44.9. The summed E-state index contributed by atoms with van der Waals surface area (Å²) in [6, 6.07) is 71.8. The maximum atomic E-state index is 6.34. The number of para-hydroxylation sites is 3. The summed E-state index contributed by atoms with van der Waals surface area (Å²) in [6.07, 6.45) is 10.2. The number of nitrogens with zero attached hydrogens (tertiary/aromatic N) is 2. The van der Waals surface area contributed by atoms with E-state index in [1.807, 2.05) is 23.1 Å². The predicted octanol–water partition coefficient (Wildman–Crippen LogP) is 17.6. The Balaban J connectivity index is 0.862. The van der Waals surface area contributed by atoms with Gasteiger partial charge in [0.15, 0.2) is 0 Å². The van der Waals surface area contributed by atoms with Crippen LogP contribution in [-0.4, -0.2) is 15.9 Å². The number of thiophene rings is 1. The molecule has 68 heavy (non-hydrogen) atoms. The van der Waals surface area contributed by atoms with Gasteiger partial charge in [-0.25, -0.2) is 0 Å². The zero-order valence-corrected chi connectivity index (χ0v) is 39.0. The lowest BCUT2D eigenvalue weighted by atomic mass is 9.90. The molecule has 3 unspecified atom stereocenters. The Morgan fingerprint density at radius 1 is 0.515 bits per heavy atom. The van der Waals surface area contributed by atoms with E-state index in [4.69, 9.17) is 4.74 Å². The SMILES string of the molecule is CC1Cc2cccc(-c3ccc(N(c4ccc(-c5cccc6c5SC5C=CC=CC65)cc4)c4ccc(-c5cccc6c5sc5c6ccc6c5c5ccccc5n6-c5ccccc5)cc4)cc3)c2O1. The number of allylic oxidation sites excluding steroid dienone is 3. The van der Waals surface area contributed by atoms with Crippen LogP contribution in [0.5, 0.6) is 5.75 Å². The maximum Gasteiger partial charge on any atom is 0.130 e. The second-order valence-electron chi connectivity index (χ2n) is 18.3. The Kier molecular flexibility index (Phi) is 9.18. The molecule has 0 saturated heterocycles. The van der Waals surface area contributed by atoms with Gasteiger partial charge in [-0.05, 0) is 107 Å². The molecule has 14 rings (SSSR count). The molecule has 9 aromatic carbocycles. The van der Waals surface area contributed by atoms with Gasteiger partial charge in [0.05, 0.1) is 11.0 Å². The van der Waals surface area contributed by atoms with Crippen molar-refractivity contribution in [3.63, 3.8) is 0 Å². The Hall–Kier alpha value is -7.57.